The van der Waals surface area contributed by atoms with Crippen LogP contribution in [0, 0.1) is 17.8 Å². The van der Waals surface area contributed by atoms with E-state index in [1.807, 2.05) is 18.2 Å². The molecule has 0 saturated heterocycles. The number of fused-ring (bicyclic) bond motifs is 2. The number of benzene rings is 1. The van der Waals surface area contributed by atoms with Gasteiger partial charge in [0, 0.05) is 11.3 Å². The second-order valence-electron chi connectivity index (χ2n) is 5.77. The highest BCUT2D eigenvalue weighted by molar-refractivity contribution is 6.34. The van der Waals surface area contributed by atoms with Crippen LogP contribution < -0.4 is 0 Å². The number of carbonyl (C=O) groups is 1. The van der Waals surface area contributed by atoms with Crippen molar-refractivity contribution in [2.75, 3.05) is 0 Å². The van der Waals surface area contributed by atoms with Crippen molar-refractivity contribution in [1.82, 2.24) is 0 Å². The largest absolute Gasteiger partial charge is 0.451 e. The number of halogens is 1. The molecule has 3 heteroatoms. The van der Waals surface area contributed by atoms with Crippen molar-refractivity contribution < 1.29 is 9.21 Å². The van der Waals surface area contributed by atoms with E-state index in [0.29, 0.717) is 28.2 Å². The highest BCUT2D eigenvalue weighted by atomic mass is 35.5. The molecule has 98 valence electrons. The fourth-order valence-corrected chi connectivity index (χ4v) is 3.91. The molecule has 2 fully saturated rings. The van der Waals surface area contributed by atoms with E-state index >= 15 is 0 Å². The van der Waals surface area contributed by atoms with Crippen molar-refractivity contribution in [3.8, 4) is 0 Å². The molecule has 2 aliphatic carbocycles. The lowest BCUT2D eigenvalue weighted by Gasteiger charge is -2.04. The lowest BCUT2D eigenvalue weighted by atomic mass is 10.0. The summed E-state index contributed by atoms with van der Waals surface area (Å²) in [6.07, 6.45) is 4.97. The van der Waals surface area contributed by atoms with E-state index in [-0.39, 0.29) is 11.7 Å². The molecular formula is C16H15ClO2. The Bertz CT molecular complexity index is 646. The molecule has 2 saturated carbocycles. The van der Waals surface area contributed by atoms with Gasteiger partial charge < -0.3 is 4.42 Å². The molecule has 0 N–H and O–H groups in total. The van der Waals surface area contributed by atoms with Crippen molar-refractivity contribution in [1.29, 1.82) is 0 Å². The van der Waals surface area contributed by atoms with E-state index in [9.17, 15) is 4.79 Å². The smallest absolute Gasteiger partial charge is 0.201 e. The minimum atomic E-state index is 0.184. The van der Waals surface area contributed by atoms with Gasteiger partial charge in [-0.2, -0.15) is 0 Å². The van der Waals surface area contributed by atoms with Crippen molar-refractivity contribution in [3.63, 3.8) is 0 Å². The Labute approximate surface area is 116 Å². The molecule has 1 aromatic heterocycles. The number of furan rings is 1. The van der Waals surface area contributed by atoms with Crippen LogP contribution in [0.4, 0.5) is 0 Å². The maximum atomic E-state index is 12.5. The average molecular weight is 275 g/mol. The fourth-order valence-electron chi connectivity index (χ4n) is 3.69. The summed E-state index contributed by atoms with van der Waals surface area (Å²) in [7, 11) is 0. The van der Waals surface area contributed by atoms with Crippen LogP contribution in [0.25, 0.3) is 11.0 Å². The van der Waals surface area contributed by atoms with Gasteiger partial charge in [-0.15, -0.1) is 0 Å². The molecule has 0 aliphatic heterocycles. The number of hydrogen-bond acceptors (Lipinski definition) is 2. The summed E-state index contributed by atoms with van der Waals surface area (Å²) in [5.41, 5.74) is 0.635. The van der Waals surface area contributed by atoms with Crippen LogP contribution in [-0.4, -0.2) is 5.78 Å². The summed E-state index contributed by atoms with van der Waals surface area (Å²) in [5, 5.41) is 1.49. The average Bonchev–Trinajstić information content (AvgIpc) is 2.98. The number of Topliss-reactive ketones (excluding diaryl/α,β-unsaturated/α-hetero) is 1. The lowest BCUT2D eigenvalue weighted by Crippen LogP contribution is -2.02. The monoisotopic (exact) mass is 274 g/mol. The summed E-state index contributed by atoms with van der Waals surface area (Å²) in [5.74, 6) is 2.11. The standard InChI is InChI=1S/C16H15ClO2/c17-12-7-3-4-9-8-13(19-16(9)12)15(18)14-10-5-1-2-6-11(10)14/h3-4,7-8,10-11,14H,1-2,5-6H2. The van der Waals surface area contributed by atoms with Crippen LogP contribution in [0.15, 0.2) is 28.7 Å². The molecule has 4 rings (SSSR count). The third-order valence-corrected chi connectivity index (χ3v) is 5.00. The summed E-state index contributed by atoms with van der Waals surface area (Å²) in [6, 6.07) is 7.44. The van der Waals surface area contributed by atoms with E-state index in [2.05, 4.69) is 0 Å². The number of ketones is 1. The van der Waals surface area contributed by atoms with Crippen LogP contribution in [0.3, 0.4) is 0 Å². The van der Waals surface area contributed by atoms with Crippen molar-refractivity contribution in [3.05, 3.63) is 35.0 Å². The minimum Gasteiger partial charge on any atom is -0.451 e. The molecule has 19 heavy (non-hydrogen) atoms. The Kier molecular flexibility index (Phi) is 2.49. The normalized spacial score (nSPS) is 29.2. The zero-order valence-electron chi connectivity index (χ0n) is 10.6. The van der Waals surface area contributed by atoms with Crippen molar-refractivity contribution in [2.24, 2.45) is 17.8 Å². The van der Waals surface area contributed by atoms with E-state index in [0.717, 1.165) is 5.39 Å². The van der Waals surface area contributed by atoms with Gasteiger partial charge in [0.15, 0.2) is 11.3 Å². The van der Waals surface area contributed by atoms with Gasteiger partial charge in [-0.1, -0.05) is 36.6 Å². The first-order valence-electron chi connectivity index (χ1n) is 6.98. The Morgan fingerprint density at radius 2 is 1.95 bits per heavy atom. The molecule has 0 radical (unpaired) electrons. The molecule has 2 aliphatic rings. The van der Waals surface area contributed by atoms with Gasteiger partial charge in [0.05, 0.1) is 5.02 Å². The first-order valence-corrected chi connectivity index (χ1v) is 7.36. The number of para-hydroxylation sites is 1. The predicted molar refractivity (Wildman–Crippen MR) is 74.5 cm³/mol. The third-order valence-electron chi connectivity index (χ3n) is 4.70. The van der Waals surface area contributed by atoms with Crippen molar-refractivity contribution in [2.45, 2.75) is 25.7 Å². The van der Waals surface area contributed by atoms with Crippen LogP contribution in [0.2, 0.25) is 5.02 Å². The van der Waals surface area contributed by atoms with Gasteiger partial charge in [0.25, 0.3) is 0 Å². The maximum absolute atomic E-state index is 12.5. The van der Waals surface area contributed by atoms with E-state index in [4.69, 9.17) is 16.0 Å². The molecule has 2 nitrogen and oxygen atoms in total. The Hall–Kier alpha value is -1.28. The van der Waals surface area contributed by atoms with E-state index < -0.39 is 0 Å². The Balaban J connectivity index is 1.67. The van der Waals surface area contributed by atoms with Crippen LogP contribution in [-0.2, 0) is 0 Å². The van der Waals surface area contributed by atoms with Crippen LogP contribution in [0.5, 0.6) is 0 Å². The molecule has 0 bridgehead atoms. The second kappa shape index (κ2) is 4.11. The molecule has 1 heterocycles. The summed E-state index contributed by atoms with van der Waals surface area (Å²) >= 11 is 6.09. The number of carbonyl (C=O) groups excluding carboxylic acids is 1. The molecular weight excluding hydrogens is 260 g/mol. The zero-order chi connectivity index (χ0) is 13.0. The highest BCUT2D eigenvalue weighted by Crippen LogP contribution is 2.56. The molecule has 2 unspecified atom stereocenters. The van der Waals surface area contributed by atoms with Gasteiger partial charge in [0.2, 0.25) is 5.78 Å². The van der Waals surface area contributed by atoms with Gasteiger partial charge in [0.1, 0.15) is 0 Å². The van der Waals surface area contributed by atoms with E-state index in [1.54, 1.807) is 6.07 Å². The molecule has 0 spiro atoms. The summed E-state index contributed by atoms with van der Waals surface area (Å²) in [4.78, 5) is 12.5. The Morgan fingerprint density at radius 3 is 2.63 bits per heavy atom. The third kappa shape index (κ3) is 1.73. The number of rotatable bonds is 2. The van der Waals surface area contributed by atoms with Crippen molar-refractivity contribution >= 4 is 28.4 Å². The maximum Gasteiger partial charge on any atom is 0.201 e. The molecule has 1 aromatic carbocycles. The lowest BCUT2D eigenvalue weighted by molar-refractivity contribution is 0.0931. The predicted octanol–water partition coefficient (Wildman–Crippen LogP) is 4.71. The van der Waals surface area contributed by atoms with Gasteiger partial charge in [-0.25, -0.2) is 0 Å². The fraction of sp³-hybridized carbons (Fsp3) is 0.438. The number of hydrogen-bond donors (Lipinski definition) is 0. The highest BCUT2D eigenvalue weighted by Gasteiger charge is 2.55. The van der Waals surface area contributed by atoms with E-state index in [1.165, 1.54) is 25.7 Å². The van der Waals surface area contributed by atoms with Crippen LogP contribution >= 0.6 is 11.6 Å². The summed E-state index contributed by atoms with van der Waals surface area (Å²) < 4.78 is 5.69. The first-order chi connectivity index (χ1) is 9.25. The van der Waals surface area contributed by atoms with Gasteiger partial charge in [-0.3, -0.25) is 4.79 Å². The van der Waals surface area contributed by atoms with Crippen LogP contribution in [0.1, 0.15) is 36.2 Å². The topological polar surface area (TPSA) is 30.2 Å². The first kappa shape index (κ1) is 11.5. The summed E-state index contributed by atoms with van der Waals surface area (Å²) in [6.45, 7) is 0. The zero-order valence-corrected chi connectivity index (χ0v) is 11.3. The minimum absolute atomic E-state index is 0.184. The molecule has 2 aromatic rings. The molecule has 2 atom stereocenters. The molecule has 0 amide bonds. The Morgan fingerprint density at radius 1 is 1.21 bits per heavy atom. The van der Waals surface area contributed by atoms with Gasteiger partial charge in [-0.05, 0) is 36.8 Å². The second-order valence-corrected chi connectivity index (χ2v) is 6.18. The quantitative estimate of drug-likeness (QED) is 0.743. The SMILES string of the molecule is O=C(c1cc2cccc(Cl)c2o1)C1C2CCCCC21. The van der Waals surface area contributed by atoms with Gasteiger partial charge >= 0.3 is 0 Å².